The number of benzene rings is 1. The van der Waals surface area contributed by atoms with Gasteiger partial charge in [-0.1, -0.05) is 6.07 Å². The van der Waals surface area contributed by atoms with Gasteiger partial charge in [0.05, 0.1) is 31.5 Å². The maximum Gasteiger partial charge on any atom is 0.212 e. The van der Waals surface area contributed by atoms with Crippen LogP contribution in [0.5, 0.6) is 11.6 Å². The number of anilines is 1. The van der Waals surface area contributed by atoms with Gasteiger partial charge in [-0.25, -0.2) is 4.98 Å². The van der Waals surface area contributed by atoms with Crippen molar-refractivity contribution in [2.45, 2.75) is 6.54 Å². The molecule has 20 heavy (non-hydrogen) atoms. The van der Waals surface area contributed by atoms with Gasteiger partial charge in [0, 0.05) is 24.9 Å². The highest BCUT2D eigenvalue weighted by Gasteiger charge is 2.04. The third-order valence-electron chi connectivity index (χ3n) is 2.82. The summed E-state index contributed by atoms with van der Waals surface area (Å²) < 4.78 is 10.3. The summed E-state index contributed by atoms with van der Waals surface area (Å²) >= 11 is 0. The molecule has 0 aliphatic heterocycles. The van der Waals surface area contributed by atoms with E-state index < -0.39 is 0 Å². The number of nitrogens with one attached hydrogen (secondary N) is 1. The molecule has 0 saturated carbocycles. The Balaban J connectivity index is 2.08. The van der Waals surface area contributed by atoms with Crippen LogP contribution in [0.15, 0.2) is 36.5 Å². The number of pyridine rings is 1. The number of nitrogens with zero attached hydrogens (tertiary/aromatic N) is 2. The van der Waals surface area contributed by atoms with Crippen LogP contribution in [0, 0.1) is 11.3 Å². The van der Waals surface area contributed by atoms with Crippen LogP contribution in [0.4, 0.5) is 5.69 Å². The van der Waals surface area contributed by atoms with E-state index in [1.165, 1.54) is 0 Å². The molecule has 0 unspecified atom stereocenters. The number of hydrogen-bond acceptors (Lipinski definition) is 5. The van der Waals surface area contributed by atoms with Gasteiger partial charge in [0.15, 0.2) is 0 Å². The van der Waals surface area contributed by atoms with Crippen molar-refractivity contribution in [1.82, 2.24) is 4.98 Å². The second-order valence-electron chi connectivity index (χ2n) is 4.09. The van der Waals surface area contributed by atoms with Crippen molar-refractivity contribution in [1.29, 1.82) is 5.26 Å². The average Bonchev–Trinajstić information content (AvgIpc) is 2.53. The second-order valence-corrected chi connectivity index (χ2v) is 4.09. The molecular weight excluding hydrogens is 254 g/mol. The molecule has 0 atom stereocenters. The van der Waals surface area contributed by atoms with Crippen molar-refractivity contribution in [2.24, 2.45) is 0 Å². The first-order valence-electron chi connectivity index (χ1n) is 6.07. The maximum absolute atomic E-state index is 8.86. The summed E-state index contributed by atoms with van der Waals surface area (Å²) in [5.74, 6) is 1.23. The van der Waals surface area contributed by atoms with Crippen molar-refractivity contribution in [2.75, 3.05) is 19.5 Å². The molecule has 1 heterocycles. The monoisotopic (exact) mass is 269 g/mol. The molecule has 0 saturated heterocycles. The summed E-state index contributed by atoms with van der Waals surface area (Å²) in [5, 5.41) is 12.1. The first-order valence-corrected chi connectivity index (χ1v) is 6.07. The Morgan fingerprint density at radius 1 is 1.20 bits per heavy atom. The van der Waals surface area contributed by atoms with Crippen LogP contribution in [0.3, 0.4) is 0 Å². The van der Waals surface area contributed by atoms with Gasteiger partial charge >= 0.3 is 0 Å². The van der Waals surface area contributed by atoms with Gasteiger partial charge in [-0.2, -0.15) is 5.26 Å². The second kappa shape index (κ2) is 6.43. The molecule has 0 aliphatic rings. The van der Waals surface area contributed by atoms with Crippen LogP contribution < -0.4 is 14.8 Å². The Bertz CT molecular complexity index is 618. The number of hydrogen-bond donors (Lipinski definition) is 1. The van der Waals surface area contributed by atoms with Crippen LogP contribution >= 0.6 is 0 Å². The summed E-state index contributed by atoms with van der Waals surface area (Å²) in [6.07, 6.45) is 1.75. The molecule has 0 fully saturated rings. The molecule has 2 aromatic rings. The Kier molecular flexibility index (Phi) is 4.40. The summed E-state index contributed by atoms with van der Waals surface area (Å²) in [7, 11) is 3.17. The van der Waals surface area contributed by atoms with Crippen molar-refractivity contribution in [3.8, 4) is 17.7 Å². The predicted octanol–water partition coefficient (Wildman–Crippen LogP) is 2.58. The van der Waals surface area contributed by atoms with Gasteiger partial charge in [-0.3, -0.25) is 0 Å². The van der Waals surface area contributed by atoms with Crippen LogP contribution in [-0.4, -0.2) is 19.2 Å². The van der Waals surface area contributed by atoms with E-state index in [9.17, 15) is 0 Å². The Labute approximate surface area is 117 Å². The Hall–Kier alpha value is -2.74. The topological polar surface area (TPSA) is 67.2 Å². The van der Waals surface area contributed by atoms with Crippen LogP contribution in [0.1, 0.15) is 11.1 Å². The molecule has 1 aromatic heterocycles. The molecule has 2 rings (SSSR count). The first-order chi connectivity index (χ1) is 9.76. The zero-order chi connectivity index (χ0) is 14.4. The van der Waals surface area contributed by atoms with E-state index in [0.29, 0.717) is 23.7 Å². The van der Waals surface area contributed by atoms with Crippen LogP contribution in [-0.2, 0) is 6.54 Å². The van der Waals surface area contributed by atoms with Gasteiger partial charge in [0.25, 0.3) is 0 Å². The smallest absolute Gasteiger partial charge is 0.212 e. The normalized spacial score (nSPS) is 9.65. The fourth-order valence-corrected chi connectivity index (χ4v) is 1.74. The number of nitriles is 1. The molecule has 0 spiro atoms. The molecule has 0 aliphatic carbocycles. The molecule has 0 bridgehead atoms. The molecule has 5 heteroatoms. The maximum atomic E-state index is 8.86. The molecular formula is C15H15N3O2. The molecule has 5 nitrogen and oxygen atoms in total. The molecule has 1 aromatic carbocycles. The molecule has 0 radical (unpaired) electrons. The molecule has 1 N–H and O–H groups in total. The number of methoxy groups -OCH3 is 2. The Morgan fingerprint density at radius 2 is 2.05 bits per heavy atom. The van der Waals surface area contributed by atoms with Gasteiger partial charge in [-0.05, 0) is 17.7 Å². The van der Waals surface area contributed by atoms with E-state index in [1.54, 1.807) is 32.5 Å². The van der Waals surface area contributed by atoms with Crippen molar-refractivity contribution in [3.05, 3.63) is 47.7 Å². The number of aromatic nitrogens is 1. The third kappa shape index (κ3) is 3.18. The zero-order valence-electron chi connectivity index (χ0n) is 11.4. The van der Waals surface area contributed by atoms with Gasteiger partial charge in [0.2, 0.25) is 5.88 Å². The lowest BCUT2D eigenvalue weighted by Crippen LogP contribution is -2.02. The van der Waals surface area contributed by atoms with E-state index in [4.69, 9.17) is 14.7 Å². The highest BCUT2D eigenvalue weighted by molar-refractivity contribution is 5.59. The van der Waals surface area contributed by atoms with Gasteiger partial charge in [0.1, 0.15) is 5.75 Å². The fraction of sp³-hybridized carbons (Fsp3) is 0.200. The minimum atomic E-state index is 0.568. The molecule has 0 amide bonds. The van der Waals surface area contributed by atoms with Crippen molar-refractivity contribution < 1.29 is 9.47 Å². The fourth-order valence-electron chi connectivity index (χ4n) is 1.74. The van der Waals surface area contributed by atoms with Crippen LogP contribution in [0.25, 0.3) is 0 Å². The third-order valence-corrected chi connectivity index (χ3v) is 2.82. The summed E-state index contributed by atoms with van der Waals surface area (Å²) in [4.78, 5) is 4.14. The summed E-state index contributed by atoms with van der Waals surface area (Å²) in [6, 6.07) is 11.1. The standard InChI is InChI=1S/C15H15N3O2/c1-19-14-7-11(8-16)3-5-13(14)17-9-12-4-6-15(20-2)18-10-12/h3-7,10,17H,9H2,1-2H3. The quantitative estimate of drug-likeness (QED) is 0.903. The lowest BCUT2D eigenvalue weighted by Gasteiger charge is -2.11. The van der Waals surface area contributed by atoms with Crippen molar-refractivity contribution >= 4 is 5.69 Å². The van der Waals surface area contributed by atoms with E-state index in [2.05, 4.69) is 16.4 Å². The largest absolute Gasteiger partial charge is 0.495 e. The van der Waals surface area contributed by atoms with Crippen molar-refractivity contribution in [3.63, 3.8) is 0 Å². The van der Waals surface area contributed by atoms with E-state index in [0.717, 1.165) is 11.3 Å². The Morgan fingerprint density at radius 3 is 2.65 bits per heavy atom. The molecule has 102 valence electrons. The van der Waals surface area contributed by atoms with Gasteiger partial charge < -0.3 is 14.8 Å². The zero-order valence-corrected chi connectivity index (χ0v) is 11.4. The number of ether oxygens (including phenoxy) is 2. The first kappa shape index (κ1) is 13.7. The van der Waals surface area contributed by atoms with Crippen LogP contribution in [0.2, 0.25) is 0 Å². The highest BCUT2D eigenvalue weighted by Crippen LogP contribution is 2.25. The van der Waals surface area contributed by atoms with E-state index in [-0.39, 0.29) is 0 Å². The highest BCUT2D eigenvalue weighted by atomic mass is 16.5. The minimum Gasteiger partial charge on any atom is -0.495 e. The summed E-state index contributed by atoms with van der Waals surface area (Å²) in [5.41, 5.74) is 2.43. The average molecular weight is 269 g/mol. The predicted molar refractivity (Wildman–Crippen MR) is 75.8 cm³/mol. The van der Waals surface area contributed by atoms with E-state index >= 15 is 0 Å². The SMILES string of the molecule is COc1ccc(CNc2ccc(C#N)cc2OC)cn1. The van der Waals surface area contributed by atoms with E-state index in [1.807, 2.05) is 18.2 Å². The lowest BCUT2D eigenvalue weighted by molar-refractivity contribution is 0.397. The minimum absolute atomic E-state index is 0.568. The summed E-state index contributed by atoms with van der Waals surface area (Å²) in [6.45, 7) is 0.610. The lowest BCUT2D eigenvalue weighted by atomic mass is 10.2. The number of rotatable bonds is 5. The van der Waals surface area contributed by atoms with Gasteiger partial charge in [-0.15, -0.1) is 0 Å².